The fraction of sp³-hybridized carbons (Fsp3) is 0.215. The van der Waals surface area contributed by atoms with E-state index in [1.807, 2.05) is 0 Å². The Bertz CT molecular complexity index is 4540. The quantitative estimate of drug-likeness (QED) is 0.00983. The van der Waals surface area contributed by atoms with E-state index in [0.717, 1.165) is 73.3 Å². The van der Waals surface area contributed by atoms with Gasteiger partial charge in [-0.25, -0.2) is 83.6 Å². The Labute approximate surface area is 545 Å². The summed E-state index contributed by atoms with van der Waals surface area (Å²) in [5.41, 5.74) is -4.87. The maximum absolute atomic E-state index is 13.1. The average Bonchev–Trinajstić information content (AvgIpc) is 0.787. The molecule has 0 bridgehead atoms. The Hall–Kier alpha value is -12.5. The first-order chi connectivity index (χ1) is 46.0. The highest BCUT2D eigenvalue weighted by molar-refractivity contribution is 6.14. The maximum atomic E-state index is 13.1. The summed E-state index contributed by atoms with van der Waals surface area (Å²) < 4.78 is 87.6. The molecule has 0 spiro atoms. The number of nitrogens with zero attached hydrogens (tertiary/aromatic N) is 6. The monoisotopic (exact) mass is 1350 g/mol. The molecule has 8 rings (SSSR count). The van der Waals surface area contributed by atoms with Gasteiger partial charge in [0.1, 0.15) is 45.8 Å². The molecular formula is C65H62F5N9O18. The van der Waals surface area contributed by atoms with Gasteiger partial charge in [-0.3, -0.25) is 23.5 Å². The number of isocyanates is 1. The van der Waals surface area contributed by atoms with Gasteiger partial charge >= 0.3 is 52.9 Å². The number of carboxylic acid groups (broad SMARTS) is 1. The van der Waals surface area contributed by atoms with Gasteiger partial charge in [0.2, 0.25) is 6.08 Å². The second kappa shape index (κ2) is 37.3. The number of anilines is 1. The molecule has 0 fully saturated rings. The molecule has 27 nitrogen and oxygen atoms in total. The van der Waals surface area contributed by atoms with Crippen molar-refractivity contribution in [1.29, 1.82) is 0 Å². The number of carbonyl (C=O) groups is 6. The number of nitrogens with one attached hydrogen (secondary N) is 3. The van der Waals surface area contributed by atoms with E-state index < -0.39 is 104 Å². The lowest BCUT2D eigenvalue weighted by Gasteiger charge is -2.15. The smallest absolute Gasteiger partial charge is 0.347 e. The predicted molar refractivity (Wildman–Crippen MR) is 339 cm³/mol. The zero-order valence-electron chi connectivity index (χ0n) is 52.8. The van der Waals surface area contributed by atoms with Crippen molar-refractivity contribution in [2.75, 3.05) is 31.7 Å². The van der Waals surface area contributed by atoms with Crippen LogP contribution in [0.4, 0.5) is 38.1 Å². The minimum absolute atomic E-state index is 0.0668. The van der Waals surface area contributed by atoms with Crippen LogP contribution in [0.25, 0.3) is 17.1 Å². The van der Waals surface area contributed by atoms with Gasteiger partial charge in [-0.15, -0.1) is 0 Å². The van der Waals surface area contributed by atoms with Crippen molar-refractivity contribution in [3.05, 3.63) is 260 Å². The van der Waals surface area contributed by atoms with Crippen LogP contribution in [0.1, 0.15) is 98.5 Å². The van der Waals surface area contributed by atoms with Gasteiger partial charge in [-0.1, -0.05) is 0 Å². The lowest BCUT2D eigenvalue weighted by Crippen LogP contribution is -2.42. The van der Waals surface area contributed by atoms with E-state index in [1.54, 1.807) is 55.4 Å². The zero-order chi connectivity index (χ0) is 72.2. The van der Waals surface area contributed by atoms with Crippen LogP contribution >= 0.6 is 0 Å². The van der Waals surface area contributed by atoms with Crippen molar-refractivity contribution in [2.45, 2.75) is 67.5 Å². The minimum Gasteiger partial charge on any atom is -0.477 e. The number of esters is 4. The SMILES string of the molecule is CC(C)n1cc(C(=O)O)c(=O)n(-c2ccc(F)cc2)c1=O.CCOC(=O)C(=CNC(=O)Nc1ccc(F)cc1)C(=O)OCC.CCOC(=O)c1c[nH]c(=O)n(-c2ccc(F)cc2)c1=O.CCOC(=O)c1cn(C(C)C)c(=O)n(-c2ccc(F)cc2)c1=O.O=C=Nc1ccc(F)cc1. The van der Waals surface area contributed by atoms with Crippen LogP contribution in [-0.2, 0) is 33.3 Å². The number of urea groups is 1. The van der Waals surface area contributed by atoms with Gasteiger partial charge in [0.25, 0.3) is 16.7 Å². The van der Waals surface area contributed by atoms with E-state index in [4.69, 9.17) is 24.1 Å². The number of hydrogen-bond acceptors (Lipinski definition) is 18. The third kappa shape index (κ3) is 22.1. The van der Waals surface area contributed by atoms with Crippen molar-refractivity contribution in [2.24, 2.45) is 4.99 Å². The maximum Gasteiger partial charge on any atom is 0.347 e. The summed E-state index contributed by atoms with van der Waals surface area (Å²) in [5.74, 6) is -7.18. The second-order valence-corrected chi connectivity index (χ2v) is 19.5. The minimum atomic E-state index is -1.43. The van der Waals surface area contributed by atoms with Crippen LogP contribution in [-0.4, -0.2) is 101 Å². The molecular weight excluding hydrogens is 1290 g/mol. The number of hydrogen-bond donors (Lipinski definition) is 4. The molecule has 0 aliphatic heterocycles. The Morgan fingerprint density at radius 2 is 0.866 bits per heavy atom. The molecule has 0 saturated heterocycles. The Balaban J connectivity index is 0.000000262. The van der Waals surface area contributed by atoms with Crippen molar-refractivity contribution in [1.82, 2.24) is 33.1 Å². The van der Waals surface area contributed by atoms with Crippen LogP contribution in [0.5, 0.6) is 0 Å². The first-order valence-corrected chi connectivity index (χ1v) is 28.7. The molecule has 32 heteroatoms. The predicted octanol–water partition coefficient (Wildman–Crippen LogP) is 7.91. The van der Waals surface area contributed by atoms with Crippen LogP contribution in [0, 0.1) is 29.1 Å². The molecule has 5 aromatic carbocycles. The van der Waals surface area contributed by atoms with Crippen LogP contribution < -0.4 is 44.4 Å². The summed E-state index contributed by atoms with van der Waals surface area (Å²) in [6.07, 6.45) is 5.48. The average molecular weight is 1350 g/mol. The summed E-state index contributed by atoms with van der Waals surface area (Å²) in [6.45, 7) is 13.6. The summed E-state index contributed by atoms with van der Waals surface area (Å²) in [4.78, 5) is 158. The molecule has 2 amide bonds. The lowest BCUT2D eigenvalue weighted by molar-refractivity contribution is -0.146. The van der Waals surface area contributed by atoms with Crippen LogP contribution in [0.15, 0.2) is 185 Å². The number of aliphatic imine (C=N–C) groups is 1. The second-order valence-electron chi connectivity index (χ2n) is 19.5. The van der Waals surface area contributed by atoms with E-state index in [-0.39, 0.29) is 72.5 Å². The van der Waals surface area contributed by atoms with Gasteiger partial charge in [-0.05, 0) is 177 Å². The molecule has 0 aliphatic rings. The summed E-state index contributed by atoms with van der Waals surface area (Å²) in [5, 5.41) is 13.7. The number of H-pyrrole nitrogens is 1. The fourth-order valence-electron chi connectivity index (χ4n) is 7.69. The van der Waals surface area contributed by atoms with Crippen LogP contribution in [0.2, 0.25) is 0 Å². The molecule has 97 heavy (non-hydrogen) atoms. The molecule has 510 valence electrons. The third-order valence-electron chi connectivity index (χ3n) is 12.2. The normalized spacial score (nSPS) is 10.2. The number of aromatic amines is 1. The molecule has 0 atom stereocenters. The van der Waals surface area contributed by atoms with Gasteiger partial charge in [0, 0.05) is 42.6 Å². The Morgan fingerprint density at radius 1 is 0.515 bits per heavy atom. The van der Waals surface area contributed by atoms with Gasteiger partial charge in [0.15, 0.2) is 5.57 Å². The van der Waals surface area contributed by atoms with Crippen molar-refractivity contribution >= 4 is 53.3 Å². The molecule has 8 aromatic rings. The fourth-order valence-corrected chi connectivity index (χ4v) is 7.69. The molecule has 0 aliphatic carbocycles. The first kappa shape index (κ1) is 77.0. The Kier molecular flexibility index (Phi) is 29.6. The summed E-state index contributed by atoms with van der Waals surface area (Å²) in [6, 6.07) is 23.3. The molecule has 0 radical (unpaired) electrons. The van der Waals surface area contributed by atoms with Gasteiger partial charge < -0.3 is 39.7 Å². The zero-order valence-corrected chi connectivity index (χ0v) is 52.8. The third-order valence-corrected chi connectivity index (χ3v) is 12.2. The Morgan fingerprint density at radius 3 is 1.25 bits per heavy atom. The number of halogens is 5. The molecule has 3 heterocycles. The van der Waals surface area contributed by atoms with E-state index in [0.29, 0.717) is 11.4 Å². The number of carbonyl (C=O) groups excluding carboxylic acids is 6. The standard InChI is InChI=1S/C16H17FN2O4.C15H17FN2O5.C14H13FN2O4.C13H11FN2O4.C7H4FNO/c1-4-23-15(21)13-9-18(10(2)3)16(22)19(14(13)20)12-7-5-11(17)6-8-12;1-3-22-13(19)12(14(20)23-4-2)9-17-15(21)18-11-7-5-10(16)6-8-11;1-8(2)16-7-11(13(19)20)12(18)17(14(16)21)10-5-3-9(15)4-6-10;1-2-20-12(18)10-7-15-13(19)16(11(10)17)9-5-3-8(14)4-6-9;8-6-1-3-7(4-2-6)9-5-10/h5-10H,4H2,1-3H3;5-9H,3-4H2,1-2H3,(H2,17,18,21);3-8H,1-2H3,(H,19,20);3-7H,2H2,1H3,(H,15,19);1-4H. The lowest BCUT2D eigenvalue weighted by atomic mass is 10.2. The molecule has 0 unspecified atom stereocenters. The number of aromatic carboxylic acids is 1. The van der Waals surface area contributed by atoms with Gasteiger partial charge in [0.05, 0.1) is 49.2 Å². The van der Waals surface area contributed by atoms with Crippen molar-refractivity contribution in [3.8, 4) is 17.1 Å². The number of ether oxygens (including phenoxy) is 4. The van der Waals surface area contributed by atoms with E-state index in [1.165, 1.54) is 102 Å². The topological polar surface area (TPSA) is 356 Å². The molecule has 0 saturated carbocycles. The highest BCUT2D eigenvalue weighted by Crippen LogP contribution is 2.13. The van der Waals surface area contributed by atoms with Gasteiger partial charge in [-0.2, -0.15) is 4.99 Å². The molecule has 3 aromatic heterocycles. The largest absolute Gasteiger partial charge is 0.477 e. The highest BCUT2D eigenvalue weighted by atomic mass is 19.1. The van der Waals surface area contributed by atoms with E-state index in [9.17, 15) is 84.3 Å². The first-order valence-electron chi connectivity index (χ1n) is 28.7. The number of aromatic nitrogens is 6. The molecule has 4 N–H and O–H groups in total. The summed E-state index contributed by atoms with van der Waals surface area (Å²) >= 11 is 0. The van der Waals surface area contributed by atoms with E-state index >= 15 is 0 Å². The van der Waals surface area contributed by atoms with Crippen molar-refractivity contribution < 1.29 is 79.6 Å². The number of rotatable bonds is 17. The highest BCUT2D eigenvalue weighted by Gasteiger charge is 2.24. The number of benzene rings is 5. The van der Waals surface area contributed by atoms with Crippen molar-refractivity contribution in [3.63, 3.8) is 0 Å². The van der Waals surface area contributed by atoms with Crippen LogP contribution in [0.3, 0.4) is 0 Å². The summed E-state index contributed by atoms with van der Waals surface area (Å²) in [7, 11) is 0. The number of amides is 2. The van der Waals surface area contributed by atoms with E-state index in [2.05, 4.69) is 20.6 Å². The number of carboxylic acids is 1.